The summed E-state index contributed by atoms with van der Waals surface area (Å²) < 4.78 is 11.0. The van der Waals surface area contributed by atoms with E-state index in [9.17, 15) is 0 Å². The number of nitrogens with one attached hydrogen (secondary N) is 1. The Hall–Kier alpha value is -1.52. The third kappa shape index (κ3) is 3.49. The van der Waals surface area contributed by atoms with Crippen LogP contribution in [0.3, 0.4) is 0 Å². The van der Waals surface area contributed by atoms with Crippen LogP contribution in [0.4, 0.5) is 0 Å². The molecular formula is C14H17ClN2O2. The van der Waals surface area contributed by atoms with Crippen molar-refractivity contribution in [3.63, 3.8) is 0 Å². The Morgan fingerprint density at radius 1 is 1.42 bits per heavy atom. The summed E-state index contributed by atoms with van der Waals surface area (Å²) in [5.41, 5.74) is 0.817. The van der Waals surface area contributed by atoms with Crippen molar-refractivity contribution in [1.82, 2.24) is 10.3 Å². The van der Waals surface area contributed by atoms with Gasteiger partial charge in [-0.25, -0.2) is 4.98 Å². The van der Waals surface area contributed by atoms with Gasteiger partial charge in [-0.3, -0.25) is 0 Å². The zero-order valence-electron chi connectivity index (χ0n) is 11.1. The zero-order valence-corrected chi connectivity index (χ0v) is 11.8. The highest BCUT2D eigenvalue weighted by Crippen LogP contribution is 2.32. The standard InChI is InChI=1S/C14H17ClN2O2/c1-3-16-7-6-14-17-9-13(19-14)11-8-10(15)4-5-12(11)18-2/h4-5,8-9,16H,3,6-7H2,1-2H3. The number of hydrogen-bond acceptors (Lipinski definition) is 4. The van der Waals surface area contributed by atoms with Crippen LogP contribution in [0.2, 0.25) is 5.02 Å². The van der Waals surface area contributed by atoms with Gasteiger partial charge < -0.3 is 14.5 Å². The average molecular weight is 281 g/mol. The molecule has 0 aliphatic heterocycles. The number of aromatic nitrogens is 1. The molecule has 1 heterocycles. The summed E-state index contributed by atoms with van der Waals surface area (Å²) >= 11 is 6.01. The van der Waals surface area contributed by atoms with Gasteiger partial charge in [0, 0.05) is 18.0 Å². The lowest BCUT2D eigenvalue weighted by Gasteiger charge is -2.05. The minimum atomic E-state index is 0.640. The number of likely N-dealkylation sites (N-methyl/N-ethyl adjacent to an activating group) is 1. The van der Waals surface area contributed by atoms with Crippen molar-refractivity contribution in [3.05, 3.63) is 35.3 Å². The van der Waals surface area contributed by atoms with Gasteiger partial charge in [0.15, 0.2) is 11.7 Å². The van der Waals surface area contributed by atoms with Gasteiger partial charge in [0.25, 0.3) is 0 Å². The molecule has 0 spiro atoms. The monoisotopic (exact) mass is 280 g/mol. The Balaban J connectivity index is 2.20. The zero-order chi connectivity index (χ0) is 13.7. The number of oxazole rings is 1. The molecule has 2 rings (SSSR count). The van der Waals surface area contributed by atoms with Crippen LogP contribution < -0.4 is 10.1 Å². The van der Waals surface area contributed by atoms with E-state index < -0.39 is 0 Å². The van der Waals surface area contributed by atoms with E-state index in [4.69, 9.17) is 20.8 Å². The number of benzene rings is 1. The molecule has 0 radical (unpaired) electrons. The maximum Gasteiger partial charge on any atom is 0.196 e. The van der Waals surface area contributed by atoms with Crippen LogP contribution in [0.1, 0.15) is 12.8 Å². The molecule has 0 saturated carbocycles. The topological polar surface area (TPSA) is 47.3 Å². The van der Waals surface area contributed by atoms with E-state index in [1.807, 2.05) is 12.1 Å². The van der Waals surface area contributed by atoms with Gasteiger partial charge >= 0.3 is 0 Å². The molecular weight excluding hydrogens is 264 g/mol. The summed E-state index contributed by atoms with van der Waals surface area (Å²) in [7, 11) is 1.62. The third-order valence-corrected chi connectivity index (χ3v) is 2.98. The van der Waals surface area contributed by atoms with E-state index >= 15 is 0 Å². The number of hydrogen-bond donors (Lipinski definition) is 1. The van der Waals surface area contributed by atoms with Gasteiger partial charge in [-0.1, -0.05) is 18.5 Å². The van der Waals surface area contributed by atoms with E-state index in [1.165, 1.54) is 0 Å². The summed E-state index contributed by atoms with van der Waals surface area (Å²) in [6.07, 6.45) is 2.46. The molecule has 0 bridgehead atoms. The summed E-state index contributed by atoms with van der Waals surface area (Å²) in [5.74, 6) is 2.10. The van der Waals surface area contributed by atoms with Crippen molar-refractivity contribution >= 4 is 11.6 Å². The predicted octanol–water partition coefficient (Wildman–Crippen LogP) is 3.16. The average Bonchev–Trinajstić information content (AvgIpc) is 2.88. The molecule has 4 nitrogen and oxygen atoms in total. The lowest BCUT2D eigenvalue weighted by atomic mass is 10.1. The third-order valence-electron chi connectivity index (χ3n) is 2.75. The van der Waals surface area contributed by atoms with E-state index in [0.717, 1.165) is 30.8 Å². The van der Waals surface area contributed by atoms with E-state index in [2.05, 4.69) is 17.2 Å². The smallest absolute Gasteiger partial charge is 0.196 e. The molecule has 0 unspecified atom stereocenters. The minimum Gasteiger partial charge on any atom is -0.496 e. The fourth-order valence-electron chi connectivity index (χ4n) is 1.80. The summed E-state index contributed by atoms with van der Waals surface area (Å²) in [5, 5.41) is 3.87. The normalized spacial score (nSPS) is 10.7. The molecule has 1 aromatic carbocycles. The maximum atomic E-state index is 6.01. The number of methoxy groups -OCH3 is 1. The summed E-state index contributed by atoms with van der Waals surface area (Å²) in [6, 6.07) is 5.42. The molecule has 19 heavy (non-hydrogen) atoms. The van der Waals surface area contributed by atoms with Gasteiger partial charge in [0.05, 0.1) is 18.9 Å². The van der Waals surface area contributed by atoms with Crippen LogP contribution in [0.15, 0.2) is 28.8 Å². The molecule has 0 amide bonds. The van der Waals surface area contributed by atoms with Crippen LogP contribution in [0, 0.1) is 0 Å². The van der Waals surface area contributed by atoms with Crippen molar-refractivity contribution in [2.45, 2.75) is 13.3 Å². The van der Waals surface area contributed by atoms with Crippen molar-refractivity contribution in [2.75, 3.05) is 20.2 Å². The number of nitrogens with zero attached hydrogens (tertiary/aromatic N) is 1. The molecule has 0 fully saturated rings. The Labute approximate surface area is 117 Å². The molecule has 5 heteroatoms. The lowest BCUT2D eigenvalue weighted by Crippen LogP contribution is -2.16. The highest BCUT2D eigenvalue weighted by Gasteiger charge is 2.12. The van der Waals surface area contributed by atoms with E-state index in [-0.39, 0.29) is 0 Å². The van der Waals surface area contributed by atoms with Crippen LogP contribution >= 0.6 is 11.6 Å². The summed E-state index contributed by atoms with van der Waals surface area (Å²) in [6.45, 7) is 3.86. The van der Waals surface area contributed by atoms with Crippen LogP contribution in [-0.2, 0) is 6.42 Å². The van der Waals surface area contributed by atoms with Gasteiger partial charge in [-0.15, -0.1) is 0 Å². The second-order valence-electron chi connectivity index (χ2n) is 4.07. The van der Waals surface area contributed by atoms with E-state index in [1.54, 1.807) is 19.4 Å². The van der Waals surface area contributed by atoms with Crippen molar-refractivity contribution in [1.29, 1.82) is 0 Å². The molecule has 0 aliphatic carbocycles. The molecule has 1 N–H and O–H groups in total. The second-order valence-corrected chi connectivity index (χ2v) is 4.50. The summed E-state index contributed by atoms with van der Waals surface area (Å²) in [4.78, 5) is 4.26. The SMILES string of the molecule is CCNCCc1ncc(-c2cc(Cl)ccc2OC)o1. The molecule has 2 aromatic rings. The first-order valence-corrected chi connectivity index (χ1v) is 6.61. The minimum absolute atomic E-state index is 0.640. The van der Waals surface area contributed by atoms with Gasteiger partial charge in [0.1, 0.15) is 5.75 Å². The molecule has 0 atom stereocenters. The van der Waals surface area contributed by atoms with Crippen LogP contribution in [0.5, 0.6) is 5.75 Å². The number of ether oxygens (including phenoxy) is 1. The number of halogens is 1. The van der Waals surface area contributed by atoms with Gasteiger partial charge in [-0.05, 0) is 24.7 Å². The maximum absolute atomic E-state index is 6.01. The molecule has 0 saturated heterocycles. The van der Waals surface area contributed by atoms with Crippen LogP contribution in [-0.4, -0.2) is 25.2 Å². The first-order valence-electron chi connectivity index (χ1n) is 6.24. The van der Waals surface area contributed by atoms with Crippen molar-refractivity contribution in [3.8, 4) is 17.1 Å². The highest BCUT2D eigenvalue weighted by atomic mass is 35.5. The Bertz CT molecular complexity index is 540. The Morgan fingerprint density at radius 2 is 2.26 bits per heavy atom. The molecule has 0 aliphatic rings. The first kappa shape index (κ1) is 13.9. The molecule has 1 aromatic heterocycles. The largest absolute Gasteiger partial charge is 0.496 e. The quantitative estimate of drug-likeness (QED) is 0.826. The van der Waals surface area contributed by atoms with Crippen molar-refractivity contribution in [2.24, 2.45) is 0 Å². The lowest BCUT2D eigenvalue weighted by molar-refractivity contribution is 0.413. The van der Waals surface area contributed by atoms with Gasteiger partial charge in [0.2, 0.25) is 0 Å². The fourth-order valence-corrected chi connectivity index (χ4v) is 1.97. The van der Waals surface area contributed by atoms with Crippen LogP contribution in [0.25, 0.3) is 11.3 Å². The molecule has 102 valence electrons. The second kappa shape index (κ2) is 6.59. The van der Waals surface area contributed by atoms with Gasteiger partial charge in [-0.2, -0.15) is 0 Å². The Kier molecular flexibility index (Phi) is 4.82. The fraction of sp³-hybridized carbons (Fsp3) is 0.357. The van der Waals surface area contributed by atoms with E-state index in [0.29, 0.717) is 16.7 Å². The first-order chi connectivity index (χ1) is 9.24. The highest BCUT2D eigenvalue weighted by molar-refractivity contribution is 6.30. The predicted molar refractivity (Wildman–Crippen MR) is 75.7 cm³/mol. The number of rotatable bonds is 6. The van der Waals surface area contributed by atoms with Crippen molar-refractivity contribution < 1.29 is 9.15 Å². The Morgan fingerprint density at radius 3 is 3.00 bits per heavy atom.